The van der Waals surface area contributed by atoms with E-state index >= 15 is 0 Å². The topological polar surface area (TPSA) is 79.5 Å². The first kappa shape index (κ1) is 22.9. The Morgan fingerprint density at radius 2 is 1.79 bits per heavy atom. The van der Waals surface area contributed by atoms with Crippen LogP contribution in [0.25, 0.3) is 0 Å². The molecule has 0 heterocycles. The zero-order valence-corrected chi connectivity index (χ0v) is 16.3. The van der Waals surface area contributed by atoms with Crippen LogP contribution in [0.4, 0.5) is 0 Å². The van der Waals surface area contributed by atoms with E-state index in [-0.39, 0.29) is 30.4 Å². The van der Waals surface area contributed by atoms with Gasteiger partial charge in [-0.1, -0.05) is 13.8 Å². The molecule has 3 unspecified atom stereocenters. The molecule has 0 fully saturated rings. The number of hydrogen-bond acceptors (Lipinski definition) is 5. The van der Waals surface area contributed by atoms with E-state index in [1.807, 2.05) is 34.7 Å². The molecule has 3 N–H and O–H groups in total. The number of carbonyl (C=O) groups excluding carboxylic acids is 2. The minimum Gasteiger partial charge on any atom is -0.462 e. The summed E-state index contributed by atoms with van der Waals surface area (Å²) in [4.78, 5) is 24.3. The van der Waals surface area contributed by atoms with Crippen LogP contribution in [0.15, 0.2) is 0 Å². The van der Waals surface area contributed by atoms with Gasteiger partial charge in [0, 0.05) is 12.6 Å². The average molecular weight is 344 g/mol. The number of ether oxygens (including phenoxy) is 1. The molecule has 0 aromatic heterocycles. The summed E-state index contributed by atoms with van der Waals surface area (Å²) in [5.74, 6) is 0.119. The van der Waals surface area contributed by atoms with E-state index < -0.39 is 6.04 Å². The predicted octanol–water partition coefficient (Wildman–Crippen LogP) is 1.84. The Morgan fingerprint density at radius 1 is 1.12 bits per heavy atom. The summed E-state index contributed by atoms with van der Waals surface area (Å²) in [6, 6.07) is -0.435. The molecule has 3 atom stereocenters. The predicted molar refractivity (Wildman–Crippen MR) is 97.9 cm³/mol. The minimum absolute atomic E-state index is 0.113. The van der Waals surface area contributed by atoms with Crippen LogP contribution in [0.1, 0.15) is 60.3 Å². The van der Waals surface area contributed by atoms with Crippen molar-refractivity contribution in [3.63, 3.8) is 0 Å². The molecule has 0 aromatic rings. The highest BCUT2D eigenvalue weighted by atomic mass is 16.5. The van der Waals surface area contributed by atoms with Crippen molar-refractivity contribution in [2.24, 2.45) is 5.92 Å². The molecule has 24 heavy (non-hydrogen) atoms. The monoisotopic (exact) mass is 343 g/mol. The van der Waals surface area contributed by atoms with Gasteiger partial charge in [-0.15, -0.1) is 0 Å². The standard InChI is InChI=1S/C18H37N3O3/c1-7-15(5)21-16(18(23)24-13(2)3)11-17(22)20-10-8-9-14(4)12-19-6/h13-16,19,21H,7-12H2,1-6H3,(H,20,22). The van der Waals surface area contributed by atoms with Gasteiger partial charge < -0.3 is 20.7 Å². The van der Waals surface area contributed by atoms with Gasteiger partial charge in [0.05, 0.1) is 12.5 Å². The summed E-state index contributed by atoms with van der Waals surface area (Å²) in [6.45, 7) is 11.5. The summed E-state index contributed by atoms with van der Waals surface area (Å²) in [5.41, 5.74) is 0. The molecule has 0 saturated carbocycles. The van der Waals surface area contributed by atoms with E-state index in [0.29, 0.717) is 12.5 Å². The van der Waals surface area contributed by atoms with E-state index in [4.69, 9.17) is 4.74 Å². The molecule has 0 radical (unpaired) electrons. The second-order valence-electron chi connectivity index (χ2n) is 6.87. The van der Waals surface area contributed by atoms with E-state index in [2.05, 4.69) is 22.9 Å². The molecule has 142 valence electrons. The van der Waals surface area contributed by atoms with E-state index in [0.717, 1.165) is 25.8 Å². The van der Waals surface area contributed by atoms with Crippen molar-refractivity contribution in [3.05, 3.63) is 0 Å². The van der Waals surface area contributed by atoms with Crippen molar-refractivity contribution >= 4 is 11.9 Å². The van der Waals surface area contributed by atoms with Crippen LogP contribution < -0.4 is 16.0 Å². The normalized spacial score (nSPS) is 15.0. The van der Waals surface area contributed by atoms with Crippen molar-refractivity contribution in [2.45, 2.75) is 78.5 Å². The van der Waals surface area contributed by atoms with Crippen molar-refractivity contribution in [2.75, 3.05) is 20.1 Å². The Kier molecular flexibility index (Phi) is 12.6. The van der Waals surface area contributed by atoms with Crippen LogP contribution >= 0.6 is 0 Å². The molecule has 0 aliphatic heterocycles. The van der Waals surface area contributed by atoms with Crippen molar-refractivity contribution < 1.29 is 14.3 Å². The van der Waals surface area contributed by atoms with Crippen LogP contribution in [0, 0.1) is 5.92 Å². The van der Waals surface area contributed by atoms with Crippen molar-refractivity contribution in [3.8, 4) is 0 Å². The maximum Gasteiger partial charge on any atom is 0.323 e. The first-order valence-electron chi connectivity index (χ1n) is 9.17. The summed E-state index contributed by atoms with van der Waals surface area (Å²) in [7, 11) is 1.94. The Labute approximate surface area is 147 Å². The lowest BCUT2D eigenvalue weighted by atomic mass is 10.1. The Hall–Kier alpha value is -1.14. The molecule has 0 rings (SSSR count). The zero-order valence-electron chi connectivity index (χ0n) is 16.3. The molecule has 0 saturated heterocycles. The number of nitrogens with one attached hydrogen (secondary N) is 3. The van der Waals surface area contributed by atoms with Gasteiger partial charge in [-0.2, -0.15) is 0 Å². The van der Waals surface area contributed by atoms with E-state index in [9.17, 15) is 9.59 Å². The third-order valence-electron chi connectivity index (χ3n) is 3.87. The molecule has 0 bridgehead atoms. The van der Waals surface area contributed by atoms with Gasteiger partial charge in [-0.05, 0) is 59.5 Å². The number of carbonyl (C=O) groups is 2. The first-order valence-corrected chi connectivity index (χ1v) is 9.17. The van der Waals surface area contributed by atoms with Gasteiger partial charge >= 0.3 is 5.97 Å². The number of amides is 1. The van der Waals surface area contributed by atoms with Crippen LogP contribution in [0.5, 0.6) is 0 Å². The average Bonchev–Trinajstić information content (AvgIpc) is 2.50. The lowest BCUT2D eigenvalue weighted by Crippen LogP contribution is -2.46. The van der Waals surface area contributed by atoms with Crippen LogP contribution in [0.2, 0.25) is 0 Å². The largest absolute Gasteiger partial charge is 0.462 e. The summed E-state index contributed by atoms with van der Waals surface area (Å²) >= 11 is 0. The molecule has 0 aliphatic rings. The van der Waals surface area contributed by atoms with Crippen LogP contribution in [-0.2, 0) is 14.3 Å². The SMILES string of the molecule is CCC(C)NC(CC(=O)NCCCC(C)CNC)C(=O)OC(C)C. The quantitative estimate of drug-likeness (QED) is 0.351. The van der Waals surface area contributed by atoms with Gasteiger partial charge in [0.25, 0.3) is 0 Å². The molecular weight excluding hydrogens is 306 g/mol. The van der Waals surface area contributed by atoms with Crippen LogP contribution in [0.3, 0.4) is 0 Å². The Bertz CT molecular complexity index is 361. The van der Waals surface area contributed by atoms with Gasteiger partial charge in [-0.25, -0.2) is 0 Å². The Morgan fingerprint density at radius 3 is 2.33 bits per heavy atom. The number of esters is 1. The zero-order chi connectivity index (χ0) is 18.5. The van der Waals surface area contributed by atoms with Gasteiger partial charge in [0.2, 0.25) is 5.91 Å². The molecule has 6 nitrogen and oxygen atoms in total. The summed E-state index contributed by atoms with van der Waals surface area (Å²) in [6.07, 6.45) is 2.81. The fourth-order valence-electron chi connectivity index (χ4n) is 2.37. The first-order chi connectivity index (χ1) is 11.3. The highest BCUT2D eigenvalue weighted by Crippen LogP contribution is 2.05. The van der Waals surface area contributed by atoms with Gasteiger partial charge in [0.1, 0.15) is 6.04 Å². The van der Waals surface area contributed by atoms with Crippen molar-refractivity contribution in [1.82, 2.24) is 16.0 Å². The summed E-state index contributed by atoms with van der Waals surface area (Å²) < 4.78 is 5.25. The second-order valence-corrected chi connectivity index (χ2v) is 6.87. The summed E-state index contributed by atoms with van der Waals surface area (Å²) in [5, 5.41) is 9.24. The molecule has 0 spiro atoms. The lowest BCUT2D eigenvalue weighted by molar-refractivity contribution is -0.151. The lowest BCUT2D eigenvalue weighted by Gasteiger charge is -2.22. The molecular formula is C18H37N3O3. The molecule has 0 aliphatic carbocycles. The highest BCUT2D eigenvalue weighted by molar-refractivity contribution is 5.85. The Balaban J connectivity index is 4.30. The fourth-order valence-corrected chi connectivity index (χ4v) is 2.37. The minimum atomic E-state index is -0.592. The van der Waals surface area contributed by atoms with E-state index in [1.54, 1.807) is 0 Å². The fraction of sp³-hybridized carbons (Fsp3) is 0.889. The molecule has 6 heteroatoms. The maximum atomic E-state index is 12.2. The molecule has 1 amide bonds. The third kappa shape index (κ3) is 11.4. The number of hydrogen-bond donors (Lipinski definition) is 3. The maximum absolute atomic E-state index is 12.2. The smallest absolute Gasteiger partial charge is 0.323 e. The third-order valence-corrected chi connectivity index (χ3v) is 3.87. The van der Waals surface area contributed by atoms with Gasteiger partial charge in [-0.3, -0.25) is 9.59 Å². The highest BCUT2D eigenvalue weighted by Gasteiger charge is 2.25. The second kappa shape index (κ2) is 13.2. The van der Waals surface area contributed by atoms with Gasteiger partial charge in [0.15, 0.2) is 0 Å². The molecule has 0 aromatic carbocycles. The number of rotatable bonds is 13. The van der Waals surface area contributed by atoms with E-state index in [1.165, 1.54) is 0 Å². The van der Waals surface area contributed by atoms with Crippen LogP contribution in [-0.4, -0.2) is 50.2 Å². The van der Waals surface area contributed by atoms with Crippen molar-refractivity contribution in [1.29, 1.82) is 0 Å².